The smallest absolute Gasteiger partial charge is 0.212 e. The summed E-state index contributed by atoms with van der Waals surface area (Å²) in [7, 11) is 3.02. The number of hydrogen-bond donors (Lipinski definition) is 2. The van der Waals surface area contributed by atoms with E-state index in [9.17, 15) is 15.0 Å². The zero-order valence-electron chi connectivity index (χ0n) is 26.1. The van der Waals surface area contributed by atoms with Gasteiger partial charge in [-0.05, 0) is 79.5 Å². The van der Waals surface area contributed by atoms with Gasteiger partial charge in [-0.25, -0.2) is 0 Å². The zero-order valence-corrected chi connectivity index (χ0v) is 26.1. The second kappa shape index (κ2) is 12.1. The molecule has 0 saturated carbocycles. The van der Waals surface area contributed by atoms with Crippen molar-refractivity contribution >= 4 is 11.9 Å². The van der Waals surface area contributed by atoms with Crippen molar-refractivity contribution in [2.45, 2.75) is 78.1 Å². The quantitative estimate of drug-likeness (QED) is 0.308. The molecule has 4 unspecified atom stereocenters. The summed E-state index contributed by atoms with van der Waals surface area (Å²) in [6.45, 7) is 8.67. The molecular formula is C36H44O7. The number of phenols is 2. The van der Waals surface area contributed by atoms with Crippen LogP contribution in [0.25, 0.3) is 6.08 Å². The molecule has 3 aliphatic rings. The molecule has 230 valence electrons. The van der Waals surface area contributed by atoms with E-state index in [1.165, 1.54) is 19.8 Å². The molecule has 1 saturated heterocycles. The van der Waals surface area contributed by atoms with Gasteiger partial charge in [-0.1, -0.05) is 50.6 Å². The summed E-state index contributed by atoms with van der Waals surface area (Å²) in [5, 5.41) is 20.1. The third-order valence-electron chi connectivity index (χ3n) is 9.18. The maximum absolute atomic E-state index is 14.0. The number of aryl methyl sites for hydroxylation is 1. The fourth-order valence-electron chi connectivity index (χ4n) is 7.14. The maximum atomic E-state index is 14.0. The summed E-state index contributed by atoms with van der Waals surface area (Å²) < 4.78 is 24.2. The first-order chi connectivity index (χ1) is 20.4. The number of aromatic hydroxyl groups is 2. The van der Waals surface area contributed by atoms with Gasteiger partial charge < -0.3 is 29.2 Å². The molecule has 1 aliphatic carbocycles. The number of Topliss-reactive ketones (excluding diaryl/α,β-unsaturated/α-hetero) is 1. The Hall–Kier alpha value is -3.71. The van der Waals surface area contributed by atoms with E-state index in [0.717, 1.165) is 30.4 Å². The molecule has 2 aliphatic heterocycles. The Balaban J connectivity index is 1.50. The lowest BCUT2D eigenvalue weighted by molar-refractivity contribution is -0.294. The van der Waals surface area contributed by atoms with E-state index in [-0.39, 0.29) is 29.8 Å². The summed E-state index contributed by atoms with van der Waals surface area (Å²) in [6.07, 6.45) is 10.3. The molecule has 1 spiro atoms. The molecule has 4 atom stereocenters. The first-order valence-electron chi connectivity index (χ1n) is 15.2. The molecule has 5 rings (SSSR count). The Morgan fingerprint density at radius 2 is 1.74 bits per heavy atom. The van der Waals surface area contributed by atoms with E-state index in [4.69, 9.17) is 18.9 Å². The standard InChI is InChI=1S/C36H44O7/c1-22-7-12-26-23(2)20-36(43-31(26)17-22)21-35(3,4)34(29(39)15-10-24-8-13-27(37)32(18-24)40-5)30(42-36)16-11-25-9-14-28(38)33(19-25)41-6/h8-9,11,13-14,16-19,23,26,31,37-38H,7,10,12,15,20-21H2,1-6H3. The molecule has 2 aromatic rings. The first-order valence-corrected chi connectivity index (χ1v) is 15.2. The number of ketones is 1. The summed E-state index contributed by atoms with van der Waals surface area (Å²) in [4.78, 5) is 14.0. The molecule has 43 heavy (non-hydrogen) atoms. The number of fused-ring (bicyclic) bond motifs is 1. The van der Waals surface area contributed by atoms with Crippen LogP contribution in [0.5, 0.6) is 23.0 Å². The van der Waals surface area contributed by atoms with Crippen LogP contribution >= 0.6 is 0 Å². The topological polar surface area (TPSA) is 94.5 Å². The van der Waals surface area contributed by atoms with Gasteiger partial charge in [0.15, 0.2) is 28.8 Å². The van der Waals surface area contributed by atoms with Crippen molar-refractivity contribution < 1.29 is 34.0 Å². The number of hydrogen-bond acceptors (Lipinski definition) is 7. The number of rotatable bonds is 8. The van der Waals surface area contributed by atoms with Gasteiger partial charge >= 0.3 is 0 Å². The van der Waals surface area contributed by atoms with Crippen molar-refractivity contribution in [1.29, 1.82) is 0 Å². The zero-order chi connectivity index (χ0) is 30.9. The highest BCUT2D eigenvalue weighted by molar-refractivity contribution is 5.98. The van der Waals surface area contributed by atoms with Crippen LogP contribution in [-0.2, 0) is 20.7 Å². The Kier molecular flexibility index (Phi) is 8.66. The minimum atomic E-state index is -0.849. The second-order valence-electron chi connectivity index (χ2n) is 13.0. The highest BCUT2D eigenvalue weighted by Crippen LogP contribution is 2.53. The van der Waals surface area contributed by atoms with E-state index in [2.05, 4.69) is 33.8 Å². The molecule has 0 aromatic heterocycles. The lowest BCUT2D eigenvalue weighted by Gasteiger charge is -2.53. The molecule has 2 N–H and O–H groups in total. The highest BCUT2D eigenvalue weighted by Gasteiger charge is 2.54. The average molecular weight is 589 g/mol. The van der Waals surface area contributed by atoms with Crippen LogP contribution < -0.4 is 9.47 Å². The van der Waals surface area contributed by atoms with Gasteiger partial charge in [-0.15, -0.1) is 0 Å². The molecule has 2 heterocycles. The second-order valence-corrected chi connectivity index (χ2v) is 13.0. The molecule has 0 bridgehead atoms. The highest BCUT2D eigenvalue weighted by atomic mass is 16.7. The van der Waals surface area contributed by atoms with E-state index in [1.54, 1.807) is 30.3 Å². The van der Waals surface area contributed by atoms with Gasteiger partial charge in [0.2, 0.25) is 5.79 Å². The molecule has 7 heteroatoms. The van der Waals surface area contributed by atoms with Gasteiger partial charge in [0.25, 0.3) is 0 Å². The monoisotopic (exact) mass is 588 g/mol. The fourth-order valence-corrected chi connectivity index (χ4v) is 7.14. The first kappa shape index (κ1) is 30.7. The summed E-state index contributed by atoms with van der Waals surface area (Å²) in [5.74, 6) is 1.41. The van der Waals surface area contributed by atoms with Crippen LogP contribution in [0, 0.1) is 17.3 Å². The maximum Gasteiger partial charge on any atom is 0.212 e. The number of ether oxygens (including phenoxy) is 4. The minimum absolute atomic E-state index is 0.00460. The van der Waals surface area contributed by atoms with Crippen LogP contribution in [0.2, 0.25) is 0 Å². The van der Waals surface area contributed by atoms with Crippen molar-refractivity contribution in [3.8, 4) is 23.0 Å². The van der Waals surface area contributed by atoms with Crippen LogP contribution in [-0.4, -0.2) is 42.1 Å². The lowest BCUT2D eigenvalue weighted by atomic mass is 9.68. The third kappa shape index (κ3) is 6.47. The fraction of sp³-hybridized carbons (Fsp3) is 0.472. The summed E-state index contributed by atoms with van der Waals surface area (Å²) in [5.41, 5.74) is 3.17. The predicted octanol–water partition coefficient (Wildman–Crippen LogP) is 7.51. The van der Waals surface area contributed by atoms with Gasteiger partial charge in [0.05, 0.1) is 20.3 Å². The number of carbonyl (C=O) groups is 1. The van der Waals surface area contributed by atoms with Gasteiger partial charge in [-0.2, -0.15) is 0 Å². The summed E-state index contributed by atoms with van der Waals surface area (Å²) >= 11 is 0. The van der Waals surface area contributed by atoms with Crippen molar-refractivity contribution in [3.63, 3.8) is 0 Å². The van der Waals surface area contributed by atoms with Crippen molar-refractivity contribution in [3.05, 3.63) is 76.6 Å². The van der Waals surface area contributed by atoms with Crippen LogP contribution in [0.15, 0.2) is 65.5 Å². The number of benzene rings is 2. The lowest BCUT2D eigenvalue weighted by Crippen LogP contribution is -2.54. The third-order valence-corrected chi connectivity index (χ3v) is 9.18. The summed E-state index contributed by atoms with van der Waals surface area (Å²) in [6, 6.07) is 10.3. The van der Waals surface area contributed by atoms with E-state index in [0.29, 0.717) is 47.5 Å². The Morgan fingerprint density at radius 1 is 1.05 bits per heavy atom. The van der Waals surface area contributed by atoms with Crippen LogP contribution in [0.1, 0.15) is 70.9 Å². The number of carbonyl (C=O) groups excluding carboxylic acids is 1. The molecule has 2 aromatic carbocycles. The van der Waals surface area contributed by atoms with Gasteiger partial charge in [0, 0.05) is 30.3 Å². The van der Waals surface area contributed by atoms with E-state index >= 15 is 0 Å². The van der Waals surface area contributed by atoms with Gasteiger partial charge in [0.1, 0.15) is 5.76 Å². The average Bonchev–Trinajstić information content (AvgIpc) is 2.95. The van der Waals surface area contributed by atoms with E-state index in [1.807, 2.05) is 18.2 Å². The van der Waals surface area contributed by atoms with Crippen molar-refractivity contribution in [2.75, 3.05) is 14.2 Å². The van der Waals surface area contributed by atoms with Crippen molar-refractivity contribution in [2.24, 2.45) is 17.3 Å². The molecule has 0 amide bonds. The number of methoxy groups -OCH3 is 2. The Labute approximate surface area is 254 Å². The Morgan fingerprint density at radius 3 is 2.47 bits per heavy atom. The Bertz CT molecular complexity index is 1470. The van der Waals surface area contributed by atoms with E-state index < -0.39 is 11.2 Å². The van der Waals surface area contributed by atoms with Crippen LogP contribution in [0.3, 0.4) is 0 Å². The molecule has 1 fully saturated rings. The molecule has 7 nitrogen and oxygen atoms in total. The largest absolute Gasteiger partial charge is 0.504 e. The van der Waals surface area contributed by atoms with Gasteiger partial charge in [-0.3, -0.25) is 4.79 Å². The number of phenolic OH excluding ortho intramolecular Hbond substituents is 2. The SMILES string of the molecule is COc1cc(C=CC2=C(C(=O)CCc3ccc(O)c(OC)c3)C(C)(C)CC3(CC(C)C4CCC(C)=CC4O3)O2)ccc1O. The van der Waals surface area contributed by atoms with Crippen LogP contribution in [0.4, 0.5) is 0 Å². The van der Waals surface area contributed by atoms with Crippen molar-refractivity contribution in [1.82, 2.24) is 0 Å². The molecule has 0 radical (unpaired) electrons. The molecular weight excluding hydrogens is 544 g/mol. The predicted molar refractivity (Wildman–Crippen MR) is 166 cm³/mol. The minimum Gasteiger partial charge on any atom is -0.504 e. The normalized spacial score (nSPS) is 26.6. The number of allylic oxidation sites excluding steroid dienone is 3.